The van der Waals surface area contributed by atoms with E-state index >= 15 is 0 Å². The van der Waals surface area contributed by atoms with Crippen molar-refractivity contribution in [1.82, 2.24) is 0 Å². The number of hydrogen-bond acceptors (Lipinski definition) is 1. The Morgan fingerprint density at radius 1 is 1.40 bits per heavy atom. The lowest BCUT2D eigenvalue weighted by atomic mass is 10.00. The van der Waals surface area contributed by atoms with Crippen LogP contribution < -0.4 is 0 Å². The summed E-state index contributed by atoms with van der Waals surface area (Å²) < 4.78 is 12.8. The van der Waals surface area contributed by atoms with Gasteiger partial charge in [0.2, 0.25) is 0 Å². The van der Waals surface area contributed by atoms with Gasteiger partial charge in [-0.05, 0) is 44.0 Å². The molecule has 1 aromatic rings. The average Bonchev–Trinajstić information content (AvgIpc) is 2.14. The van der Waals surface area contributed by atoms with Crippen molar-refractivity contribution >= 4 is 5.78 Å². The van der Waals surface area contributed by atoms with Crippen molar-refractivity contribution in [3.63, 3.8) is 0 Å². The Hall–Kier alpha value is -1.44. The zero-order valence-electron chi connectivity index (χ0n) is 9.14. The van der Waals surface area contributed by atoms with Crippen LogP contribution in [0, 0.1) is 12.7 Å². The average molecular weight is 206 g/mol. The summed E-state index contributed by atoms with van der Waals surface area (Å²) in [6, 6.07) is 4.25. The number of Topliss-reactive ketones (excluding diaryl/α,β-unsaturated/α-hetero) is 1. The van der Waals surface area contributed by atoms with Gasteiger partial charge in [0.15, 0.2) is 5.78 Å². The van der Waals surface area contributed by atoms with Crippen molar-refractivity contribution < 1.29 is 9.18 Å². The molecule has 0 N–H and O–H groups in total. The number of aryl methyl sites for hydroxylation is 1. The number of halogens is 1. The predicted molar refractivity (Wildman–Crippen MR) is 59.5 cm³/mol. The third-order valence-corrected chi connectivity index (χ3v) is 2.27. The molecular weight excluding hydrogens is 191 g/mol. The summed E-state index contributed by atoms with van der Waals surface area (Å²) in [7, 11) is 0. The van der Waals surface area contributed by atoms with Crippen molar-refractivity contribution in [3.8, 4) is 0 Å². The van der Waals surface area contributed by atoms with E-state index in [1.54, 1.807) is 13.0 Å². The van der Waals surface area contributed by atoms with E-state index in [0.717, 1.165) is 5.57 Å². The van der Waals surface area contributed by atoms with Crippen molar-refractivity contribution in [2.45, 2.75) is 26.7 Å². The highest BCUT2D eigenvalue weighted by Crippen LogP contribution is 2.14. The first-order valence-corrected chi connectivity index (χ1v) is 4.94. The van der Waals surface area contributed by atoms with Gasteiger partial charge in [0.1, 0.15) is 5.82 Å². The first-order chi connectivity index (χ1) is 7.00. The van der Waals surface area contributed by atoms with Gasteiger partial charge in [0.05, 0.1) is 0 Å². The van der Waals surface area contributed by atoms with Crippen molar-refractivity contribution in [2.75, 3.05) is 0 Å². The minimum absolute atomic E-state index is 0.0514. The fraction of sp³-hybridized carbons (Fsp3) is 0.308. The molecule has 80 valence electrons. The monoisotopic (exact) mass is 206 g/mol. The van der Waals surface area contributed by atoms with E-state index in [0.29, 0.717) is 24.0 Å². The van der Waals surface area contributed by atoms with E-state index in [-0.39, 0.29) is 11.6 Å². The predicted octanol–water partition coefficient (Wildman–Crippen LogP) is 3.67. The SMILES string of the molecule is C=C(C)CCC(=O)c1ccc(F)cc1C. The van der Waals surface area contributed by atoms with Gasteiger partial charge in [-0.1, -0.05) is 5.57 Å². The van der Waals surface area contributed by atoms with Gasteiger partial charge < -0.3 is 0 Å². The molecule has 0 saturated carbocycles. The van der Waals surface area contributed by atoms with Crippen molar-refractivity contribution in [2.24, 2.45) is 0 Å². The summed E-state index contributed by atoms with van der Waals surface area (Å²) in [6.07, 6.45) is 1.14. The molecule has 0 bridgehead atoms. The smallest absolute Gasteiger partial charge is 0.163 e. The largest absolute Gasteiger partial charge is 0.294 e. The van der Waals surface area contributed by atoms with Crippen LogP contribution in [0.5, 0.6) is 0 Å². The quantitative estimate of drug-likeness (QED) is 0.542. The van der Waals surface area contributed by atoms with E-state index in [4.69, 9.17) is 0 Å². The molecule has 0 amide bonds. The Labute approximate surface area is 89.6 Å². The van der Waals surface area contributed by atoms with Crippen LogP contribution in [-0.2, 0) is 0 Å². The minimum Gasteiger partial charge on any atom is -0.294 e. The Morgan fingerprint density at radius 3 is 2.60 bits per heavy atom. The lowest BCUT2D eigenvalue weighted by molar-refractivity contribution is 0.0982. The molecule has 1 aromatic carbocycles. The summed E-state index contributed by atoms with van der Waals surface area (Å²) in [5, 5.41) is 0. The molecule has 0 unspecified atom stereocenters. The first kappa shape index (κ1) is 11.6. The summed E-state index contributed by atoms with van der Waals surface area (Å²) in [5.41, 5.74) is 2.29. The molecule has 0 radical (unpaired) electrons. The van der Waals surface area contributed by atoms with Crippen LogP contribution in [0.1, 0.15) is 35.7 Å². The van der Waals surface area contributed by atoms with Crippen LogP contribution in [0.15, 0.2) is 30.4 Å². The van der Waals surface area contributed by atoms with E-state index in [2.05, 4.69) is 6.58 Å². The molecular formula is C13H15FO. The van der Waals surface area contributed by atoms with Gasteiger partial charge in [-0.2, -0.15) is 0 Å². The lowest BCUT2D eigenvalue weighted by Gasteiger charge is -2.04. The molecule has 0 spiro atoms. The fourth-order valence-electron chi connectivity index (χ4n) is 1.40. The van der Waals surface area contributed by atoms with Crippen LogP contribution in [-0.4, -0.2) is 5.78 Å². The maximum atomic E-state index is 12.8. The summed E-state index contributed by atoms with van der Waals surface area (Å²) in [6.45, 7) is 7.39. The number of allylic oxidation sites excluding steroid dienone is 1. The second-order valence-corrected chi connectivity index (χ2v) is 3.84. The molecule has 0 aliphatic carbocycles. The minimum atomic E-state index is -0.302. The molecule has 0 aromatic heterocycles. The molecule has 0 heterocycles. The molecule has 1 nitrogen and oxygen atoms in total. The number of ketones is 1. The highest BCUT2D eigenvalue weighted by atomic mass is 19.1. The molecule has 0 aliphatic heterocycles. The van der Waals surface area contributed by atoms with E-state index < -0.39 is 0 Å². The molecule has 0 saturated heterocycles. The van der Waals surface area contributed by atoms with Crippen molar-refractivity contribution in [3.05, 3.63) is 47.3 Å². The molecule has 0 aliphatic rings. The number of rotatable bonds is 4. The van der Waals surface area contributed by atoms with Gasteiger partial charge in [-0.15, -0.1) is 6.58 Å². The Kier molecular flexibility index (Phi) is 3.78. The van der Waals surface area contributed by atoms with Gasteiger partial charge in [-0.25, -0.2) is 4.39 Å². The highest BCUT2D eigenvalue weighted by Gasteiger charge is 2.09. The van der Waals surface area contributed by atoms with E-state index in [1.807, 2.05) is 6.92 Å². The Balaban J connectivity index is 2.78. The number of carbonyl (C=O) groups excluding carboxylic acids is 1. The van der Waals surface area contributed by atoms with Crippen LogP contribution in [0.25, 0.3) is 0 Å². The topological polar surface area (TPSA) is 17.1 Å². The maximum absolute atomic E-state index is 12.8. The van der Waals surface area contributed by atoms with Crippen LogP contribution in [0.4, 0.5) is 4.39 Å². The molecule has 15 heavy (non-hydrogen) atoms. The van der Waals surface area contributed by atoms with E-state index in [1.165, 1.54) is 12.1 Å². The fourth-order valence-corrected chi connectivity index (χ4v) is 1.40. The summed E-state index contributed by atoms with van der Waals surface area (Å²) >= 11 is 0. The summed E-state index contributed by atoms with van der Waals surface area (Å²) in [5.74, 6) is -0.251. The maximum Gasteiger partial charge on any atom is 0.163 e. The van der Waals surface area contributed by atoms with Gasteiger partial charge >= 0.3 is 0 Å². The molecule has 0 atom stereocenters. The summed E-state index contributed by atoms with van der Waals surface area (Å²) in [4.78, 5) is 11.7. The zero-order chi connectivity index (χ0) is 11.4. The van der Waals surface area contributed by atoms with Gasteiger partial charge in [0, 0.05) is 12.0 Å². The van der Waals surface area contributed by atoms with Gasteiger partial charge in [0.25, 0.3) is 0 Å². The molecule has 0 fully saturated rings. The normalized spacial score (nSPS) is 10.1. The first-order valence-electron chi connectivity index (χ1n) is 4.94. The Morgan fingerprint density at radius 2 is 2.07 bits per heavy atom. The second kappa shape index (κ2) is 4.87. The van der Waals surface area contributed by atoms with Crippen LogP contribution in [0.3, 0.4) is 0 Å². The van der Waals surface area contributed by atoms with Crippen LogP contribution in [0.2, 0.25) is 0 Å². The third-order valence-electron chi connectivity index (χ3n) is 2.27. The van der Waals surface area contributed by atoms with Gasteiger partial charge in [-0.3, -0.25) is 4.79 Å². The molecule has 2 heteroatoms. The zero-order valence-corrected chi connectivity index (χ0v) is 9.14. The molecule has 1 rings (SSSR count). The number of carbonyl (C=O) groups is 1. The lowest BCUT2D eigenvalue weighted by Crippen LogP contribution is -2.02. The number of hydrogen-bond donors (Lipinski definition) is 0. The van der Waals surface area contributed by atoms with Crippen LogP contribution >= 0.6 is 0 Å². The highest BCUT2D eigenvalue weighted by molar-refractivity contribution is 5.97. The second-order valence-electron chi connectivity index (χ2n) is 3.84. The Bertz CT molecular complexity index is 394. The standard InChI is InChI=1S/C13H15FO/c1-9(2)4-7-13(15)12-6-5-11(14)8-10(12)3/h5-6,8H,1,4,7H2,2-3H3. The van der Waals surface area contributed by atoms with E-state index in [9.17, 15) is 9.18 Å². The number of benzene rings is 1. The van der Waals surface area contributed by atoms with Crippen molar-refractivity contribution in [1.29, 1.82) is 0 Å². The third kappa shape index (κ3) is 3.31.